The molecule has 0 heterocycles. The van der Waals surface area contributed by atoms with Gasteiger partial charge >= 0.3 is 0 Å². The lowest BCUT2D eigenvalue weighted by molar-refractivity contribution is -0.115. The molecular formula is C10H14N2O3S. The first-order chi connectivity index (χ1) is 7.37. The van der Waals surface area contributed by atoms with E-state index in [1.54, 1.807) is 24.3 Å². The summed E-state index contributed by atoms with van der Waals surface area (Å²) >= 11 is 0. The molecule has 0 aliphatic carbocycles. The van der Waals surface area contributed by atoms with Crippen molar-refractivity contribution in [2.45, 2.75) is 6.42 Å². The van der Waals surface area contributed by atoms with Gasteiger partial charge < -0.3 is 11.1 Å². The zero-order chi connectivity index (χ0) is 12.2. The molecule has 16 heavy (non-hydrogen) atoms. The molecule has 0 saturated heterocycles. The van der Waals surface area contributed by atoms with Gasteiger partial charge in [0.2, 0.25) is 5.91 Å². The lowest BCUT2D eigenvalue weighted by Gasteiger charge is -2.04. The van der Waals surface area contributed by atoms with E-state index in [1.807, 2.05) is 0 Å². The van der Waals surface area contributed by atoms with E-state index >= 15 is 0 Å². The number of carbonyl (C=O) groups is 1. The molecule has 1 rings (SSSR count). The molecule has 0 fully saturated rings. The number of anilines is 2. The molecular weight excluding hydrogens is 228 g/mol. The topological polar surface area (TPSA) is 89.3 Å². The molecule has 3 N–H and O–H groups in total. The van der Waals surface area contributed by atoms with Gasteiger partial charge in [0.15, 0.2) is 0 Å². The van der Waals surface area contributed by atoms with E-state index in [1.165, 1.54) is 0 Å². The van der Waals surface area contributed by atoms with Crippen molar-refractivity contribution in [3.63, 3.8) is 0 Å². The lowest BCUT2D eigenvalue weighted by atomic mass is 10.3. The largest absolute Gasteiger partial charge is 0.399 e. The fraction of sp³-hybridized carbons (Fsp3) is 0.300. The summed E-state index contributed by atoms with van der Waals surface area (Å²) in [5.74, 6) is -0.469. The van der Waals surface area contributed by atoms with Gasteiger partial charge in [0.25, 0.3) is 0 Å². The van der Waals surface area contributed by atoms with Crippen LogP contribution in [-0.2, 0) is 14.6 Å². The zero-order valence-corrected chi connectivity index (χ0v) is 9.75. The Balaban J connectivity index is 2.49. The first-order valence-corrected chi connectivity index (χ1v) is 6.76. The summed E-state index contributed by atoms with van der Waals surface area (Å²) in [5, 5.41) is 2.58. The third kappa shape index (κ3) is 4.79. The maximum absolute atomic E-state index is 11.3. The molecule has 1 aromatic carbocycles. The number of hydrogen-bond acceptors (Lipinski definition) is 4. The van der Waals surface area contributed by atoms with Crippen molar-refractivity contribution in [3.8, 4) is 0 Å². The summed E-state index contributed by atoms with van der Waals surface area (Å²) in [6.45, 7) is 0. The van der Waals surface area contributed by atoms with Crippen LogP contribution in [0.4, 0.5) is 11.4 Å². The van der Waals surface area contributed by atoms with Gasteiger partial charge in [-0.3, -0.25) is 4.79 Å². The van der Waals surface area contributed by atoms with Crippen molar-refractivity contribution in [1.29, 1.82) is 0 Å². The average Bonchev–Trinajstić information content (AvgIpc) is 2.18. The quantitative estimate of drug-likeness (QED) is 0.758. The van der Waals surface area contributed by atoms with Crippen molar-refractivity contribution < 1.29 is 13.2 Å². The standard InChI is InChI=1S/C10H14N2O3S/c1-16(14,15)7-6-10(13)12-9-4-2-8(11)3-5-9/h2-5H,6-7,11H2,1H3,(H,12,13). The van der Waals surface area contributed by atoms with Crippen molar-refractivity contribution in [1.82, 2.24) is 0 Å². The zero-order valence-electron chi connectivity index (χ0n) is 8.93. The summed E-state index contributed by atoms with van der Waals surface area (Å²) in [6, 6.07) is 6.64. The molecule has 0 saturated carbocycles. The van der Waals surface area contributed by atoms with Crippen LogP contribution in [0.25, 0.3) is 0 Å². The Morgan fingerprint density at radius 1 is 1.31 bits per heavy atom. The van der Waals surface area contributed by atoms with Crippen LogP contribution in [0.5, 0.6) is 0 Å². The van der Waals surface area contributed by atoms with Crippen LogP contribution in [0, 0.1) is 0 Å². The maximum atomic E-state index is 11.3. The minimum absolute atomic E-state index is 0.0385. The number of benzene rings is 1. The van der Waals surface area contributed by atoms with Crippen molar-refractivity contribution in [2.24, 2.45) is 0 Å². The van der Waals surface area contributed by atoms with Gasteiger partial charge in [-0.2, -0.15) is 0 Å². The molecule has 0 spiro atoms. The van der Waals surface area contributed by atoms with E-state index in [0.29, 0.717) is 11.4 Å². The summed E-state index contributed by atoms with van der Waals surface area (Å²) in [7, 11) is -3.10. The minimum atomic E-state index is -3.10. The van der Waals surface area contributed by atoms with Crippen LogP contribution in [0.2, 0.25) is 0 Å². The van der Waals surface area contributed by atoms with Crippen LogP contribution < -0.4 is 11.1 Å². The van der Waals surface area contributed by atoms with E-state index in [0.717, 1.165) is 6.26 Å². The van der Waals surface area contributed by atoms with Crippen LogP contribution in [0.1, 0.15) is 6.42 Å². The van der Waals surface area contributed by atoms with Gasteiger partial charge in [0.1, 0.15) is 9.84 Å². The molecule has 0 aliphatic rings. The second-order valence-electron chi connectivity index (χ2n) is 3.55. The summed E-state index contributed by atoms with van der Waals surface area (Å²) < 4.78 is 21.7. The molecule has 6 heteroatoms. The molecule has 1 aromatic rings. The predicted octanol–water partition coefficient (Wildman–Crippen LogP) is 0.642. The Morgan fingerprint density at radius 2 is 1.88 bits per heavy atom. The molecule has 0 unspecified atom stereocenters. The number of rotatable bonds is 4. The smallest absolute Gasteiger partial charge is 0.225 e. The number of sulfone groups is 1. The van der Waals surface area contributed by atoms with Crippen molar-refractivity contribution in [2.75, 3.05) is 23.1 Å². The van der Waals surface area contributed by atoms with Crippen molar-refractivity contribution in [3.05, 3.63) is 24.3 Å². The van der Waals surface area contributed by atoms with E-state index < -0.39 is 9.84 Å². The van der Waals surface area contributed by atoms with E-state index in [9.17, 15) is 13.2 Å². The molecule has 5 nitrogen and oxygen atoms in total. The molecule has 0 aliphatic heterocycles. The minimum Gasteiger partial charge on any atom is -0.399 e. The highest BCUT2D eigenvalue weighted by atomic mass is 32.2. The summed E-state index contributed by atoms with van der Waals surface area (Å²) in [6.07, 6.45) is 1.06. The normalized spacial score (nSPS) is 11.1. The number of hydrogen-bond donors (Lipinski definition) is 2. The van der Waals surface area contributed by atoms with Gasteiger partial charge in [-0.25, -0.2) is 8.42 Å². The monoisotopic (exact) mass is 242 g/mol. The SMILES string of the molecule is CS(=O)(=O)CCC(=O)Nc1ccc(N)cc1. The Kier molecular flexibility index (Phi) is 3.89. The highest BCUT2D eigenvalue weighted by Gasteiger charge is 2.07. The number of nitrogen functional groups attached to an aromatic ring is 1. The van der Waals surface area contributed by atoms with Crippen LogP contribution >= 0.6 is 0 Å². The van der Waals surface area contributed by atoms with E-state index in [2.05, 4.69) is 5.32 Å². The molecule has 88 valence electrons. The number of amides is 1. The van der Waals surface area contributed by atoms with Gasteiger partial charge in [0.05, 0.1) is 5.75 Å². The lowest BCUT2D eigenvalue weighted by Crippen LogP contribution is -2.16. The summed E-state index contributed by atoms with van der Waals surface area (Å²) in [4.78, 5) is 11.3. The Morgan fingerprint density at radius 3 is 2.38 bits per heavy atom. The molecule has 0 bridgehead atoms. The summed E-state index contributed by atoms with van der Waals surface area (Å²) in [5.41, 5.74) is 6.69. The molecule has 0 radical (unpaired) electrons. The maximum Gasteiger partial charge on any atom is 0.225 e. The van der Waals surface area contributed by atoms with Gasteiger partial charge in [-0.05, 0) is 24.3 Å². The third-order valence-corrected chi connectivity index (χ3v) is 2.84. The second-order valence-corrected chi connectivity index (χ2v) is 5.81. The Bertz CT molecular complexity index is 465. The Labute approximate surface area is 94.6 Å². The second kappa shape index (κ2) is 4.98. The van der Waals surface area contributed by atoms with E-state index in [-0.39, 0.29) is 18.1 Å². The Hall–Kier alpha value is -1.56. The van der Waals surface area contributed by atoms with E-state index in [4.69, 9.17) is 5.73 Å². The van der Waals surface area contributed by atoms with Crippen LogP contribution in [-0.4, -0.2) is 26.3 Å². The first-order valence-electron chi connectivity index (χ1n) is 4.70. The van der Waals surface area contributed by atoms with Gasteiger partial charge in [-0.1, -0.05) is 0 Å². The number of carbonyl (C=O) groups excluding carboxylic acids is 1. The fourth-order valence-electron chi connectivity index (χ4n) is 1.07. The van der Waals surface area contributed by atoms with Crippen molar-refractivity contribution >= 4 is 27.1 Å². The number of nitrogens with one attached hydrogen (secondary N) is 1. The highest BCUT2D eigenvalue weighted by molar-refractivity contribution is 7.90. The van der Waals surface area contributed by atoms with Gasteiger partial charge in [-0.15, -0.1) is 0 Å². The fourth-order valence-corrected chi connectivity index (χ4v) is 1.62. The van der Waals surface area contributed by atoms with Gasteiger partial charge in [0, 0.05) is 24.1 Å². The highest BCUT2D eigenvalue weighted by Crippen LogP contribution is 2.10. The van der Waals surface area contributed by atoms with Crippen LogP contribution in [0.15, 0.2) is 24.3 Å². The number of nitrogens with two attached hydrogens (primary N) is 1. The molecule has 1 amide bonds. The first kappa shape index (κ1) is 12.5. The molecule has 0 aromatic heterocycles. The average molecular weight is 242 g/mol. The predicted molar refractivity (Wildman–Crippen MR) is 63.8 cm³/mol. The third-order valence-electron chi connectivity index (χ3n) is 1.89. The molecule has 0 atom stereocenters. The van der Waals surface area contributed by atoms with Crippen LogP contribution in [0.3, 0.4) is 0 Å².